The molecule has 2 unspecified atom stereocenters. The number of hydrogen-bond acceptors (Lipinski definition) is 2. The molecule has 0 saturated carbocycles. The number of rotatable bonds is 1. The number of fused-ring (bicyclic) bond motifs is 1. The van der Waals surface area contributed by atoms with Crippen LogP contribution in [0.3, 0.4) is 0 Å². The molecule has 2 atom stereocenters. The van der Waals surface area contributed by atoms with Crippen molar-refractivity contribution in [2.45, 2.75) is 38.6 Å². The van der Waals surface area contributed by atoms with Gasteiger partial charge in [-0.25, -0.2) is 0 Å². The lowest BCUT2D eigenvalue weighted by molar-refractivity contribution is 0.420. The zero-order valence-corrected chi connectivity index (χ0v) is 8.96. The van der Waals surface area contributed by atoms with Crippen LogP contribution in [-0.2, 0) is 0 Å². The summed E-state index contributed by atoms with van der Waals surface area (Å²) in [5, 5.41) is 13.3. The van der Waals surface area contributed by atoms with Crippen molar-refractivity contribution in [1.82, 2.24) is 0 Å². The summed E-state index contributed by atoms with van der Waals surface area (Å²) in [6.07, 6.45) is 1.06. The minimum Gasteiger partial charge on any atom is -0.508 e. The molecule has 1 heterocycles. The molecule has 0 saturated heterocycles. The van der Waals surface area contributed by atoms with Crippen molar-refractivity contribution in [2.75, 3.05) is 5.32 Å². The van der Waals surface area contributed by atoms with Crippen molar-refractivity contribution < 1.29 is 5.11 Å². The summed E-state index contributed by atoms with van der Waals surface area (Å²) in [6.45, 7) is 6.55. The van der Waals surface area contributed by atoms with Crippen LogP contribution in [0.1, 0.15) is 38.7 Å². The van der Waals surface area contributed by atoms with Crippen LogP contribution in [0.15, 0.2) is 18.2 Å². The fraction of sp³-hybridized carbons (Fsp3) is 0.500. The fourth-order valence-electron chi connectivity index (χ4n) is 2.25. The average molecular weight is 191 g/mol. The maximum Gasteiger partial charge on any atom is 0.121 e. The fourth-order valence-corrected chi connectivity index (χ4v) is 2.25. The molecule has 0 spiro atoms. The third-order valence-electron chi connectivity index (χ3n) is 3.63. The van der Waals surface area contributed by atoms with Gasteiger partial charge in [0.2, 0.25) is 0 Å². The molecule has 1 aliphatic heterocycles. The lowest BCUT2D eigenvalue weighted by Crippen LogP contribution is -2.33. The summed E-state index contributed by atoms with van der Waals surface area (Å²) in [4.78, 5) is 0. The number of phenols is 1. The molecule has 0 aliphatic carbocycles. The highest BCUT2D eigenvalue weighted by atomic mass is 16.3. The minimum atomic E-state index is 0.0845. The van der Waals surface area contributed by atoms with Crippen LogP contribution in [0.5, 0.6) is 5.75 Å². The number of phenolic OH excluding ortho intramolecular Hbond substituents is 1. The summed E-state index contributed by atoms with van der Waals surface area (Å²) in [6, 6.07) is 5.68. The van der Waals surface area contributed by atoms with Gasteiger partial charge in [0.05, 0.1) is 0 Å². The maximum absolute atomic E-state index is 9.79. The van der Waals surface area contributed by atoms with Gasteiger partial charge in [0.15, 0.2) is 0 Å². The summed E-state index contributed by atoms with van der Waals surface area (Å²) >= 11 is 0. The van der Waals surface area contributed by atoms with E-state index in [4.69, 9.17) is 0 Å². The summed E-state index contributed by atoms with van der Waals surface area (Å²) < 4.78 is 0. The number of nitrogens with one attached hydrogen (secondary N) is 1. The van der Waals surface area contributed by atoms with Gasteiger partial charge in [-0.3, -0.25) is 0 Å². The Balaban J connectivity index is 2.51. The van der Waals surface area contributed by atoms with Crippen molar-refractivity contribution in [3.8, 4) is 5.75 Å². The van der Waals surface area contributed by atoms with E-state index < -0.39 is 0 Å². The number of aromatic hydroxyl groups is 1. The first-order valence-electron chi connectivity index (χ1n) is 5.18. The van der Waals surface area contributed by atoms with Crippen molar-refractivity contribution >= 4 is 5.69 Å². The van der Waals surface area contributed by atoms with Crippen molar-refractivity contribution in [2.24, 2.45) is 0 Å². The van der Waals surface area contributed by atoms with Crippen molar-refractivity contribution in [3.63, 3.8) is 0 Å². The predicted octanol–water partition coefficient (Wildman–Crippen LogP) is 3.09. The van der Waals surface area contributed by atoms with Crippen LogP contribution in [0.4, 0.5) is 5.69 Å². The Kier molecular flexibility index (Phi) is 1.95. The first-order chi connectivity index (χ1) is 6.58. The molecule has 1 aromatic rings. The van der Waals surface area contributed by atoms with E-state index in [1.54, 1.807) is 6.07 Å². The lowest BCUT2D eigenvalue weighted by atomic mass is 9.83. The molecule has 76 valence electrons. The number of benzene rings is 1. The van der Waals surface area contributed by atoms with Crippen LogP contribution < -0.4 is 5.32 Å². The Morgan fingerprint density at radius 1 is 1.50 bits per heavy atom. The highest BCUT2D eigenvalue weighted by Crippen LogP contribution is 2.47. The van der Waals surface area contributed by atoms with E-state index in [0.717, 1.165) is 17.7 Å². The van der Waals surface area contributed by atoms with Crippen molar-refractivity contribution in [1.29, 1.82) is 0 Å². The van der Waals surface area contributed by atoms with Gasteiger partial charge in [-0.2, -0.15) is 0 Å². The largest absolute Gasteiger partial charge is 0.508 e. The lowest BCUT2D eigenvalue weighted by Gasteiger charge is -2.28. The molecule has 0 aromatic heterocycles. The molecule has 0 fully saturated rings. The Bertz CT molecular complexity index is 361. The molecular formula is C12H17NO. The van der Waals surface area contributed by atoms with Gasteiger partial charge < -0.3 is 10.4 Å². The van der Waals surface area contributed by atoms with Gasteiger partial charge in [0.1, 0.15) is 5.75 Å². The number of hydrogen-bond donors (Lipinski definition) is 2. The summed E-state index contributed by atoms with van der Waals surface area (Å²) in [5.74, 6) is 0.781. The van der Waals surface area contributed by atoms with Gasteiger partial charge in [-0.15, -0.1) is 0 Å². The summed E-state index contributed by atoms with van der Waals surface area (Å²) in [7, 11) is 0. The Morgan fingerprint density at radius 3 is 2.79 bits per heavy atom. The third-order valence-corrected chi connectivity index (χ3v) is 3.63. The SMILES string of the molecule is CCC1(C)Nc2cccc(O)c2C1C. The van der Waals surface area contributed by atoms with E-state index in [1.807, 2.05) is 12.1 Å². The monoisotopic (exact) mass is 191 g/mol. The average Bonchev–Trinajstić information content (AvgIpc) is 2.42. The smallest absolute Gasteiger partial charge is 0.121 e. The highest BCUT2D eigenvalue weighted by Gasteiger charge is 2.39. The van der Waals surface area contributed by atoms with E-state index in [1.165, 1.54) is 0 Å². The Morgan fingerprint density at radius 2 is 2.21 bits per heavy atom. The number of anilines is 1. The van der Waals surface area contributed by atoms with E-state index in [-0.39, 0.29) is 5.54 Å². The molecule has 0 amide bonds. The van der Waals surface area contributed by atoms with Crippen LogP contribution in [0, 0.1) is 0 Å². The van der Waals surface area contributed by atoms with Gasteiger partial charge >= 0.3 is 0 Å². The molecule has 1 aliphatic rings. The van der Waals surface area contributed by atoms with Gasteiger partial charge in [0, 0.05) is 22.7 Å². The third kappa shape index (κ3) is 1.10. The zero-order valence-electron chi connectivity index (χ0n) is 8.96. The first-order valence-corrected chi connectivity index (χ1v) is 5.18. The molecular weight excluding hydrogens is 174 g/mol. The van der Waals surface area contributed by atoms with Gasteiger partial charge in [-0.1, -0.05) is 19.9 Å². The molecule has 2 nitrogen and oxygen atoms in total. The van der Waals surface area contributed by atoms with E-state index in [0.29, 0.717) is 11.7 Å². The minimum absolute atomic E-state index is 0.0845. The predicted molar refractivity (Wildman–Crippen MR) is 58.8 cm³/mol. The molecule has 14 heavy (non-hydrogen) atoms. The van der Waals surface area contributed by atoms with Crippen LogP contribution in [0.2, 0.25) is 0 Å². The molecule has 2 heteroatoms. The van der Waals surface area contributed by atoms with Crippen LogP contribution in [0.25, 0.3) is 0 Å². The van der Waals surface area contributed by atoms with Crippen molar-refractivity contribution in [3.05, 3.63) is 23.8 Å². The second-order valence-corrected chi connectivity index (χ2v) is 4.36. The Hall–Kier alpha value is -1.18. The molecule has 2 rings (SSSR count). The topological polar surface area (TPSA) is 32.3 Å². The summed E-state index contributed by atoms with van der Waals surface area (Å²) in [5.41, 5.74) is 2.24. The zero-order chi connectivity index (χ0) is 10.3. The first kappa shape index (κ1) is 9.38. The van der Waals surface area contributed by atoms with Crippen LogP contribution in [-0.4, -0.2) is 10.6 Å². The Labute approximate surface area is 85.0 Å². The van der Waals surface area contributed by atoms with E-state index in [2.05, 4.69) is 26.1 Å². The van der Waals surface area contributed by atoms with Crippen LogP contribution >= 0.6 is 0 Å². The van der Waals surface area contributed by atoms with Gasteiger partial charge in [0.25, 0.3) is 0 Å². The second kappa shape index (κ2) is 2.91. The molecule has 0 bridgehead atoms. The second-order valence-electron chi connectivity index (χ2n) is 4.36. The maximum atomic E-state index is 9.79. The molecule has 1 aromatic carbocycles. The van der Waals surface area contributed by atoms with E-state index >= 15 is 0 Å². The van der Waals surface area contributed by atoms with Gasteiger partial charge in [-0.05, 0) is 25.5 Å². The highest BCUT2D eigenvalue weighted by molar-refractivity contribution is 5.65. The molecule has 0 radical (unpaired) electrons. The van der Waals surface area contributed by atoms with E-state index in [9.17, 15) is 5.11 Å². The quantitative estimate of drug-likeness (QED) is 0.715. The standard InChI is InChI=1S/C12H17NO/c1-4-12(3)8(2)11-9(13-12)6-5-7-10(11)14/h5-8,13-14H,4H2,1-3H3. The normalized spacial score (nSPS) is 29.8. The molecule has 2 N–H and O–H groups in total.